The molecule has 7 heteroatoms. The predicted molar refractivity (Wildman–Crippen MR) is 81.4 cm³/mol. The number of hydrazone groups is 1. The van der Waals surface area contributed by atoms with E-state index in [1.165, 1.54) is 0 Å². The van der Waals surface area contributed by atoms with E-state index in [-0.39, 0.29) is 18.2 Å². The van der Waals surface area contributed by atoms with Gasteiger partial charge in [-0.05, 0) is 26.0 Å². The molecule has 0 saturated heterocycles. The zero-order valence-corrected chi connectivity index (χ0v) is 12.5. The van der Waals surface area contributed by atoms with Crippen molar-refractivity contribution in [3.63, 3.8) is 0 Å². The molecule has 0 unspecified atom stereocenters. The van der Waals surface area contributed by atoms with Crippen LogP contribution in [0.3, 0.4) is 0 Å². The number of amides is 1. The van der Waals surface area contributed by atoms with Crippen molar-refractivity contribution >= 4 is 23.0 Å². The average molecular weight is 297 g/mol. The first-order valence-electron chi connectivity index (χ1n) is 6.58. The van der Waals surface area contributed by atoms with Crippen LogP contribution in [-0.4, -0.2) is 25.3 Å². The summed E-state index contributed by atoms with van der Waals surface area (Å²) in [5.41, 5.74) is 2.95. The third kappa shape index (κ3) is 2.84. The van der Waals surface area contributed by atoms with Gasteiger partial charge in [-0.25, -0.2) is 0 Å². The Morgan fingerprint density at radius 3 is 2.73 bits per heavy atom. The smallest absolute Gasteiger partial charge is 0.237 e. The number of fused-ring (bicyclic) bond motifs is 1. The molecule has 1 heterocycles. The fraction of sp³-hybridized carbons (Fsp3) is 0.333. The Morgan fingerprint density at radius 2 is 2.09 bits per heavy atom. The summed E-state index contributed by atoms with van der Waals surface area (Å²) in [6, 6.07) is 8.42. The second-order valence-electron chi connectivity index (χ2n) is 5.52. The second-order valence-corrected chi connectivity index (χ2v) is 5.52. The highest BCUT2D eigenvalue weighted by Gasteiger charge is 2.36. The van der Waals surface area contributed by atoms with Crippen molar-refractivity contribution in [2.45, 2.75) is 13.8 Å². The molecule has 1 aliphatic rings. The summed E-state index contributed by atoms with van der Waals surface area (Å²) in [6.45, 7) is 3.91. The highest BCUT2D eigenvalue weighted by atomic mass is 16.5. The van der Waals surface area contributed by atoms with Crippen LogP contribution in [0.2, 0.25) is 0 Å². The summed E-state index contributed by atoms with van der Waals surface area (Å²) < 4.78 is 5.72. The van der Waals surface area contributed by atoms with Crippen molar-refractivity contribution in [2.75, 3.05) is 24.0 Å². The maximum atomic E-state index is 12.3. The van der Waals surface area contributed by atoms with Crippen molar-refractivity contribution in [1.29, 1.82) is 10.5 Å². The first-order valence-corrected chi connectivity index (χ1v) is 6.58. The van der Waals surface area contributed by atoms with Crippen LogP contribution in [-0.2, 0) is 4.79 Å². The van der Waals surface area contributed by atoms with Gasteiger partial charge < -0.3 is 9.64 Å². The van der Waals surface area contributed by atoms with Gasteiger partial charge in [0.25, 0.3) is 0 Å². The lowest BCUT2D eigenvalue weighted by atomic mass is 9.93. The molecule has 0 fully saturated rings. The van der Waals surface area contributed by atoms with Gasteiger partial charge in [0, 0.05) is 13.1 Å². The molecule has 0 aliphatic carbocycles. The van der Waals surface area contributed by atoms with E-state index >= 15 is 0 Å². The highest BCUT2D eigenvalue weighted by molar-refractivity contribution is 6.10. The Bertz CT molecular complexity index is 708. The van der Waals surface area contributed by atoms with Gasteiger partial charge in [-0.3, -0.25) is 10.2 Å². The summed E-state index contributed by atoms with van der Waals surface area (Å²) in [7, 11) is 1.70. The summed E-state index contributed by atoms with van der Waals surface area (Å²) in [4.78, 5) is 13.9. The lowest BCUT2D eigenvalue weighted by Crippen LogP contribution is -2.39. The zero-order chi connectivity index (χ0) is 16.3. The first-order chi connectivity index (χ1) is 10.4. The fourth-order valence-corrected chi connectivity index (χ4v) is 2.06. The van der Waals surface area contributed by atoms with Gasteiger partial charge in [0.2, 0.25) is 11.6 Å². The van der Waals surface area contributed by atoms with Crippen LogP contribution in [0.15, 0.2) is 23.3 Å². The molecule has 22 heavy (non-hydrogen) atoms. The van der Waals surface area contributed by atoms with E-state index < -0.39 is 5.41 Å². The van der Waals surface area contributed by atoms with E-state index in [2.05, 4.69) is 10.5 Å². The van der Waals surface area contributed by atoms with E-state index in [0.717, 1.165) is 0 Å². The highest BCUT2D eigenvalue weighted by Crippen LogP contribution is 2.37. The molecule has 7 nitrogen and oxygen atoms in total. The summed E-state index contributed by atoms with van der Waals surface area (Å²) in [6.07, 6.45) is 0. The van der Waals surface area contributed by atoms with Crippen molar-refractivity contribution in [1.82, 2.24) is 0 Å². The van der Waals surface area contributed by atoms with E-state index in [0.29, 0.717) is 17.1 Å². The third-order valence-corrected chi connectivity index (χ3v) is 3.30. The van der Waals surface area contributed by atoms with Crippen LogP contribution in [0.5, 0.6) is 5.75 Å². The first kappa shape index (κ1) is 15.3. The third-order valence-electron chi connectivity index (χ3n) is 3.30. The maximum absolute atomic E-state index is 12.3. The average Bonchev–Trinajstić information content (AvgIpc) is 2.59. The predicted octanol–water partition coefficient (Wildman–Crippen LogP) is 1.88. The molecule has 0 spiro atoms. The SMILES string of the molecule is CN1C(=O)C(C)(C)COc2cc(NN=C(C#N)C#N)ccc21. The Morgan fingerprint density at radius 1 is 1.41 bits per heavy atom. The van der Waals surface area contributed by atoms with Gasteiger partial charge in [0.1, 0.15) is 24.5 Å². The van der Waals surface area contributed by atoms with E-state index in [1.807, 2.05) is 13.8 Å². The minimum Gasteiger partial charge on any atom is -0.490 e. The van der Waals surface area contributed by atoms with Crippen molar-refractivity contribution in [3.8, 4) is 17.9 Å². The van der Waals surface area contributed by atoms with Crippen molar-refractivity contribution in [2.24, 2.45) is 10.5 Å². The molecule has 0 saturated carbocycles. The molecule has 2 rings (SSSR count). The lowest BCUT2D eigenvalue weighted by molar-refractivity contribution is -0.127. The van der Waals surface area contributed by atoms with Gasteiger partial charge in [-0.1, -0.05) is 0 Å². The summed E-state index contributed by atoms with van der Waals surface area (Å²) in [5.74, 6) is 0.512. The van der Waals surface area contributed by atoms with Crippen LogP contribution in [0.25, 0.3) is 0 Å². The van der Waals surface area contributed by atoms with Crippen LogP contribution in [0.1, 0.15) is 13.8 Å². The molecular formula is C15H15N5O2. The number of nitrogens with zero attached hydrogens (tertiary/aromatic N) is 4. The Kier molecular flexibility index (Phi) is 4.00. The van der Waals surface area contributed by atoms with Gasteiger partial charge in [-0.15, -0.1) is 0 Å². The van der Waals surface area contributed by atoms with Crippen molar-refractivity contribution in [3.05, 3.63) is 18.2 Å². The topological polar surface area (TPSA) is 102 Å². The fourth-order valence-electron chi connectivity index (χ4n) is 2.06. The van der Waals surface area contributed by atoms with Gasteiger partial charge in [-0.2, -0.15) is 15.6 Å². The molecule has 1 amide bonds. The summed E-state index contributed by atoms with van der Waals surface area (Å²) >= 11 is 0. The minimum absolute atomic E-state index is 0.0266. The molecule has 112 valence electrons. The maximum Gasteiger partial charge on any atom is 0.237 e. The number of hydrogen-bond donors (Lipinski definition) is 1. The van der Waals surface area contributed by atoms with Crippen molar-refractivity contribution < 1.29 is 9.53 Å². The zero-order valence-electron chi connectivity index (χ0n) is 12.5. The molecule has 1 aliphatic heterocycles. The Hall–Kier alpha value is -3.06. The molecule has 0 radical (unpaired) electrons. The number of carbonyl (C=O) groups excluding carboxylic acids is 1. The van der Waals surface area contributed by atoms with Crippen LogP contribution >= 0.6 is 0 Å². The number of anilines is 2. The number of nitriles is 2. The van der Waals surface area contributed by atoms with E-state index in [9.17, 15) is 4.79 Å². The van der Waals surface area contributed by atoms with Crippen LogP contribution < -0.4 is 15.1 Å². The number of carbonyl (C=O) groups is 1. The Balaban J connectivity index is 2.32. The lowest BCUT2D eigenvalue weighted by Gasteiger charge is -2.24. The molecular weight excluding hydrogens is 282 g/mol. The standard InChI is InChI=1S/C15H15N5O2/c1-15(2)9-22-13-6-10(18-19-11(7-16)8-17)4-5-12(13)20(3)14(15)21/h4-6,18H,9H2,1-3H3. The number of nitrogens with one attached hydrogen (secondary N) is 1. The molecule has 1 aromatic carbocycles. The number of rotatable bonds is 2. The number of hydrogen-bond acceptors (Lipinski definition) is 6. The minimum atomic E-state index is -0.617. The van der Waals surface area contributed by atoms with E-state index in [4.69, 9.17) is 15.3 Å². The molecule has 0 atom stereocenters. The largest absolute Gasteiger partial charge is 0.490 e. The second kappa shape index (κ2) is 5.74. The van der Waals surface area contributed by atoms with E-state index in [1.54, 1.807) is 42.3 Å². The van der Waals surface area contributed by atoms with Crippen LogP contribution in [0, 0.1) is 28.1 Å². The molecule has 1 aromatic rings. The van der Waals surface area contributed by atoms with Gasteiger partial charge in [0.05, 0.1) is 16.8 Å². The van der Waals surface area contributed by atoms with Crippen LogP contribution in [0.4, 0.5) is 11.4 Å². The normalized spacial score (nSPS) is 15.5. The quantitative estimate of drug-likeness (QED) is 0.663. The number of ether oxygens (including phenoxy) is 1. The molecule has 0 aromatic heterocycles. The summed E-state index contributed by atoms with van der Waals surface area (Å²) in [5, 5.41) is 21.0. The Labute approximate surface area is 128 Å². The van der Waals surface area contributed by atoms with Gasteiger partial charge in [0.15, 0.2) is 0 Å². The molecule has 0 bridgehead atoms. The molecule has 1 N–H and O–H groups in total. The monoisotopic (exact) mass is 297 g/mol. The van der Waals surface area contributed by atoms with Gasteiger partial charge >= 0.3 is 0 Å². The number of benzene rings is 1.